The number of unbranched alkanes of at least 4 members (excludes halogenated alkanes) is 52. The van der Waals surface area contributed by atoms with Gasteiger partial charge in [-0.3, -0.25) is 33.3 Å². The van der Waals surface area contributed by atoms with Gasteiger partial charge in [-0.2, -0.15) is 0 Å². The first-order chi connectivity index (χ1) is 61.3. The largest absolute Gasteiger partial charge is 0.470 e. The molecule has 2 unspecified atom stereocenters. The van der Waals surface area contributed by atoms with Gasteiger partial charge in [0, 0.05) is 25.7 Å². The molecule has 2 fully saturated rings. The summed E-state index contributed by atoms with van der Waals surface area (Å²) in [7, 11) is -5.51. The first-order valence-corrected chi connectivity index (χ1v) is 54.8. The van der Waals surface area contributed by atoms with Crippen molar-refractivity contribution < 1.29 is 96.1 Å². The Bertz CT molecular complexity index is 2680. The number of hydrogen-bond acceptors (Lipinski definition) is 18. The van der Waals surface area contributed by atoms with Crippen LogP contribution in [0, 0.1) is 23.7 Å². The van der Waals surface area contributed by atoms with Crippen LogP contribution >= 0.6 is 7.82 Å². The lowest BCUT2D eigenvalue weighted by molar-refractivity contribution is -0.298. The minimum absolute atomic E-state index is 0.0385. The van der Waals surface area contributed by atoms with E-state index in [0.29, 0.717) is 75.5 Å². The lowest BCUT2D eigenvalue weighted by Crippen LogP contribution is -2.68. The number of ether oxygens (including phenoxy) is 7. The molecule has 23 heteroatoms. The number of phosphoric ester groups is 1. The lowest BCUT2D eigenvalue weighted by atomic mass is 9.95. The number of phosphoric acid groups is 1. The summed E-state index contributed by atoms with van der Waals surface area (Å²) in [6.45, 7) is 20.8. The molecule has 0 aromatic rings. The van der Waals surface area contributed by atoms with Crippen LogP contribution < -0.4 is 10.6 Å². The van der Waals surface area contributed by atoms with Crippen LogP contribution in [0.5, 0.6) is 0 Å². The molecular formula is C104H197N2O20P. The van der Waals surface area contributed by atoms with E-state index in [2.05, 4.69) is 79.9 Å². The zero-order valence-corrected chi connectivity index (χ0v) is 83.9. The van der Waals surface area contributed by atoms with Gasteiger partial charge in [0.2, 0.25) is 11.8 Å². The highest BCUT2D eigenvalue weighted by atomic mass is 31.2. The van der Waals surface area contributed by atoms with E-state index in [0.717, 1.165) is 166 Å². The Morgan fingerprint density at radius 3 is 0.890 bits per heavy atom. The fourth-order valence-corrected chi connectivity index (χ4v) is 18.4. The molecule has 0 spiro atoms. The molecule has 0 aromatic carbocycles. The van der Waals surface area contributed by atoms with E-state index in [1.165, 1.54) is 193 Å². The van der Waals surface area contributed by atoms with E-state index in [9.17, 15) is 53.6 Å². The molecule has 0 bridgehead atoms. The number of esters is 4. The molecule has 22 nitrogen and oxygen atoms in total. The van der Waals surface area contributed by atoms with Crippen molar-refractivity contribution in [3.05, 3.63) is 0 Å². The maximum Gasteiger partial charge on any atom is 0.470 e. The number of carbonyl (C=O) groups excluding carboxylic acids is 6. The Morgan fingerprint density at radius 1 is 0.331 bits per heavy atom. The zero-order chi connectivity index (χ0) is 93.2. The van der Waals surface area contributed by atoms with E-state index >= 15 is 4.79 Å². The molecule has 12 atom stereocenters. The van der Waals surface area contributed by atoms with Crippen LogP contribution in [0.15, 0.2) is 0 Å². The van der Waals surface area contributed by atoms with Gasteiger partial charge >= 0.3 is 31.7 Å². The molecule has 2 saturated heterocycles. The molecule has 0 aromatic heterocycles. The van der Waals surface area contributed by atoms with Gasteiger partial charge in [0.05, 0.1) is 26.1 Å². The molecule has 0 saturated carbocycles. The highest BCUT2D eigenvalue weighted by Crippen LogP contribution is 2.43. The van der Waals surface area contributed by atoms with Gasteiger partial charge in [-0.05, 0) is 75.0 Å². The highest BCUT2D eigenvalue weighted by molar-refractivity contribution is 7.46. The summed E-state index contributed by atoms with van der Waals surface area (Å²) in [6, 6.07) is -3.25. The first-order valence-electron chi connectivity index (χ1n) is 53.3. The van der Waals surface area contributed by atoms with Gasteiger partial charge in [0.25, 0.3) is 0 Å². The van der Waals surface area contributed by atoms with Crippen molar-refractivity contribution in [3.8, 4) is 0 Å². The molecule has 2 aliphatic rings. The van der Waals surface area contributed by atoms with Crippen molar-refractivity contribution in [1.29, 1.82) is 0 Å². The topological polar surface area (TPSA) is 319 Å². The summed E-state index contributed by atoms with van der Waals surface area (Å²) in [5.74, 6) is -0.968. The highest BCUT2D eigenvalue weighted by Gasteiger charge is 2.54. The number of aliphatic hydroxyl groups is 3. The van der Waals surface area contributed by atoms with Gasteiger partial charge in [0.1, 0.15) is 48.7 Å². The number of nitrogens with one attached hydrogen (secondary N) is 2. The quantitative estimate of drug-likeness (QED) is 0.0129. The molecule has 748 valence electrons. The van der Waals surface area contributed by atoms with E-state index in [4.69, 9.17) is 37.7 Å². The van der Waals surface area contributed by atoms with E-state index in [-0.39, 0.29) is 38.5 Å². The number of amides is 2. The SMILES string of the molecule is CCCCCCCCCCCCCCCC(=O)O[C@@H]1[C@@H](NC(=O)C[C@@H](CCCCCCCCCC(C)C)OC(=O)CCCCCCCCCCCC(C)C)[C@H](OCC2OC(O)[C@H](NC(=O)C[C@@H](CCCCCCCCCC(C)C)OC(=O)CCCCCCCCCCCC(C)C)[C@@H](OC(=O)CCCCCCCCCCCCCCC)[C@@H]2O)O[C@H](CO)[C@H]1OP(=O)(O)O. The number of rotatable bonds is 88. The molecule has 127 heavy (non-hydrogen) atoms. The standard InChI is InChI=1S/C104H197N2O20P/c1-11-13-15-17-19-21-23-25-27-33-47-57-67-77-95(112)124-101-97(105-91(108)79-87(73-63-53-43-37-41-51-61-71-85(7)8)120-93(110)75-65-55-45-35-29-31-39-49-59-69-83(3)4)103(115)122-90(99(101)114)82-119-104-98(102(100(89(81-107)123-104)126-127(116,117)118)125-96(113)78-68-58-48-34-28-26-24-22-20-18-16-14-12-2)106-92(109)80-88(74-64-54-44-38-42-52-62-72-86(9)10)121-94(111)76-66-56-46-36-30-32-40-50-60-70-84(5)6/h83-90,97-104,107,114-115H,11-82H2,1-10H3,(H,105,108)(H,106,109)(H2,116,117,118)/t87-,88-,89-,90?,97-,98-,99-,100-,101-,102-,103?,104-/m1/s1. The minimum Gasteiger partial charge on any atom is -0.462 e. The normalized spacial score (nSPS) is 19.6. The van der Waals surface area contributed by atoms with Crippen molar-refractivity contribution in [2.45, 2.75) is 592 Å². The summed E-state index contributed by atoms with van der Waals surface area (Å²) in [5, 5.41) is 41.6. The van der Waals surface area contributed by atoms with Crippen molar-refractivity contribution >= 4 is 43.5 Å². The predicted octanol–water partition coefficient (Wildman–Crippen LogP) is 25.9. The van der Waals surface area contributed by atoms with Crippen molar-refractivity contribution in [2.24, 2.45) is 23.7 Å². The van der Waals surface area contributed by atoms with Gasteiger partial charge in [0.15, 0.2) is 24.8 Å². The second kappa shape index (κ2) is 80.0. The number of carbonyl (C=O) groups is 6. The van der Waals surface area contributed by atoms with Crippen LogP contribution in [0.1, 0.15) is 519 Å². The molecule has 2 amide bonds. The number of aliphatic hydroxyl groups excluding tert-OH is 3. The Kier molecular flexibility index (Phi) is 75.4. The van der Waals surface area contributed by atoms with Crippen LogP contribution in [0.25, 0.3) is 0 Å². The summed E-state index contributed by atoms with van der Waals surface area (Å²) in [5.41, 5.74) is 0. The summed E-state index contributed by atoms with van der Waals surface area (Å²) >= 11 is 0. The van der Waals surface area contributed by atoms with E-state index < -0.39 is 130 Å². The van der Waals surface area contributed by atoms with E-state index in [1.807, 2.05) is 0 Å². The summed E-state index contributed by atoms with van der Waals surface area (Å²) in [4.78, 5) is 107. The fourth-order valence-electron chi connectivity index (χ4n) is 17.9. The number of hydrogen-bond donors (Lipinski definition) is 7. The Balaban J connectivity index is 2.63. The Morgan fingerprint density at radius 2 is 0.598 bits per heavy atom. The molecular weight excluding hydrogens is 1630 g/mol. The van der Waals surface area contributed by atoms with Crippen LogP contribution in [0.4, 0.5) is 0 Å². The Hall–Kier alpha value is -3.31. The van der Waals surface area contributed by atoms with Crippen molar-refractivity contribution in [2.75, 3.05) is 13.2 Å². The molecule has 7 N–H and O–H groups in total. The average molecular weight is 1830 g/mol. The first kappa shape index (κ1) is 120. The molecule has 2 heterocycles. The lowest BCUT2D eigenvalue weighted by Gasteiger charge is -2.46. The molecule has 0 radical (unpaired) electrons. The molecule has 2 rings (SSSR count). The maximum absolute atomic E-state index is 15.0. The maximum atomic E-state index is 15.0. The fraction of sp³-hybridized carbons (Fsp3) is 0.942. The van der Waals surface area contributed by atoms with Crippen molar-refractivity contribution in [1.82, 2.24) is 10.6 Å². The average Bonchev–Trinajstić information content (AvgIpc) is 0.779. The van der Waals surface area contributed by atoms with Gasteiger partial charge in [-0.1, -0.05) is 429 Å². The third-order valence-corrected chi connectivity index (χ3v) is 26.2. The van der Waals surface area contributed by atoms with Crippen molar-refractivity contribution in [3.63, 3.8) is 0 Å². The smallest absolute Gasteiger partial charge is 0.462 e. The van der Waals surface area contributed by atoms with Crippen LogP contribution in [0.2, 0.25) is 0 Å². The molecule has 0 aliphatic carbocycles. The third kappa shape index (κ3) is 67.5. The molecule has 2 aliphatic heterocycles. The summed E-state index contributed by atoms with van der Waals surface area (Å²) < 4.78 is 62.1. The van der Waals surface area contributed by atoms with E-state index in [1.54, 1.807) is 0 Å². The minimum atomic E-state index is -5.51. The monoisotopic (exact) mass is 1830 g/mol. The summed E-state index contributed by atoms with van der Waals surface area (Å²) in [6.07, 6.45) is 50.5. The van der Waals surface area contributed by atoms with Gasteiger partial charge < -0.3 is 68.9 Å². The van der Waals surface area contributed by atoms with Gasteiger partial charge in [-0.25, -0.2) is 4.57 Å². The Labute approximate surface area is 775 Å². The second-order valence-corrected chi connectivity index (χ2v) is 41.2. The second-order valence-electron chi connectivity index (χ2n) is 40.0. The third-order valence-electron chi connectivity index (χ3n) is 25.7. The predicted molar refractivity (Wildman–Crippen MR) is 513 cm³/mol. The van der Waals surface area contributed by atoms with Gasteiger partial charge in [-0.15, -0.1) is 0 Å². The van der Waals surface area contributed by atoms with Crippen LogP contribution in [0.3, 0.4) is 0 Å². The van der Waals surface area contributed by atoms with Crippen LogP contribution in [-0.4, -0.2) is 148 Å². The zero-order valence-electron chi connectivity index (χ0n) is 83.0. The van der Waals surface area contributed by atoms with Crippen LogP contribution in [-0.2, 0) is 71.0 Å².